The number of benzene rings is 1. The van der Waals surface area contributed by atoms with Gasteiger partial charge < -0.3 is 5.11 Å². The molecule has 0 atom stereocenters. The standard InChI is InChI=1S/C17H14N2O2/c1-10-7-11(2)16-12(17(20)21)9-14(19-15(16)8-10)13-5-3-4-6-18-13/h3-9H,1-2H3,(H,20,21). The van der Waals surface area contributed by atoms with Gasteiger partial charge in [-0.1, -0.05) is 12.1 Å². The maximum atomic E-state index is 11.6. The fourth-order valence-corrected chi connectivity index (χ4v) is 2.57. The second kappa shape index (κ2) is 4.98. The highest BCUT2D eigenvalue weighted by molar-refractivity contribution is 6.05. The molecule has 104 valence electrons. The van der Waals surface area contributed by atoms with Crippen molar-refractivity contribution >= 4 is 16.9 Å². The van der Waals surface area contributed by atoms with E-state index >= 15 is 0 Å². The number of aromatic carboxylic acids is 1. The van der Waals surface area contributed by atoms with E-state index in [-0.39, 0.29) is 5.56 Å². The quantitative estimate of drug-likeness (QED) is 0.777. The molecule has 0 fully saturated rings. The Labute approximate surface area is 122 Å². The molecule has 0 bridgehead atoms. The zero-order valence-electron chi connectivity index (χ0n) is 11.8. The molecule has 0 spiro atoms. The molecule has 1 aromatic carbocycles. The van der Waals surface area contributed by atoms with Crippen LogP contribution in [0.25, 0.3) is 22.3 Å². The Balaban J connectivity index is 2.38. The van der Waals surface area contributed by atoms with E-state index in [9.17, 15) is 9.90 Å². The molecular formula is C17H14N2O2. The summed E-state index contributed by atoms with van der Waals surface area (Å²) in [6, 6.07) is 11.0. The van der Waals surface area contributed by atoms with Gasteiger partial charge in [-0.2, -0.15) is 0 Å². The number of carboxylic acid groups (broad SMARTS) is 1. The molecule has 0 radical (unpaired) electrons. The van der Waals surface area contributed by atoms with Crippen LogP contribution < -0.4 is 0 Å². The highest BCUT2D eigenvalue weighted by Gasteiger charge is 2.15. The van der Waals surface area contributed by atoms with Gasteiger partial charge in [-0.3, -0.25) is 4.98 Å². The van der Waals surface area contributed by atoms with E-state index in [1.165, 1.54) is 0 Å². The largest absolute Gasteiger partial charge is 0.478 e. The summed E-state index contributed by atoms with van der Waals surface area (Å²) in [7, 11) is 0. The average Bonchev–Trinajstić information content (AvgIpc) is 2.46. The zero-order valence-corrected chi connectivity index (χ0v) is 11.8. The fourth-order valence-electron chi connectivity index (χ4n) is 2.57. The third-order valence-electron chi connectivity index (χ3n) is 3.41. The first kappa shape index (κ1) is 13.2. The Morgan fingerprint density at radius 1 is 1.10 bits per heavy atom. The van der Waals surface area contributed by atoms with Crippen LogP contribution in [0.4, 0.5) is 0 Å². The van der Waals surface area contributed by atoms with E-state index < -0.39 is 5.97 Å². The number of carbonyl (C=O) groups is 1. The highest BCUT2D eigenvalue weighted by atomic mass is 16.4. The third-order valence-corrected chi connectivity index (χ3v) is 3.41. The number of aryl methyl sites for hydroxylation is 2. The molecule has 0 aliphatic rings. The molecule has 0 saturated heterocycles. The van der Waals surface area contributed by atoms with Crippen molar-refractivity contribution < 1.29 is 9.90 Å². The van der Waals surface area contributed by atoms with Gasteiger partial charge in [0.2, 0.25) is 0 Å². The summed E-state index contributed by atoms with van der Waals surface area (Å²) in [5.41, 5.74) is 4.17. The van der Waals surface area contributed by atoms with Crippen molar-refractivity contribution in [3.8, 4) is 11.4 Å². The van der Waals surface area contributed by atoms with Crippen LogP contribution in [0.2, 0.25) is 0 Å². The lowest BCUT2D eigenvalue weighted by atomic mass is 10.00. The van der Waals surface area contributed by atoms with Gasteiger partial charge in [0.1, 0.15) is 0 Å². The summed E-state index contributed by atoms with van der Waals surface area (Å²) in [5, 5.41) is 10.2. The van der Waals surface area contributed by atoms with Gasteiger partial charge in [0, 0.05) is 11.6 Å². The van der Waals surface area contributed by atoms with Gasteiger partial charge in [0.05, 0.1) is 22.5 Å². The molecule has 3 aromatic rings. The van der Waals surface area contributed by atoms with Crippen LogP contribution in [0.3, 0.4) is 0 Å². The predicted molar refractivity (Wildman–Crippen MR) is 81.4 cm³/mol. The van der Waals surface area contributed by atoms with E-state index in [0.29, 0.717) is 22.3 Å². The van der Waals surface area contributed by atoms with Crippen molar-refractivity contribution in [2.45, 2.75) is 13.8 Å². The van der Waals surface area contributed by atoms with Gasteiger partial charge in [-0.15, -0.1) is 0 Å². The second-order valence-corrected chi connectivity index (χ2v) is 5.05. The van der Waals surface area contributed by atoms with E-state index in [1.54, 1.807) is 12.3 Å². The lowest BCUT2D eigenvalue weighted by Crippen LogP contribution is -2.02. The van der Waals surface area contributed by atoms with Crippen molar-refractivity contribution in [1.82, 2.24) is 9.97 Å². The lowest BCUT2D eigenvalue weighted by Gasteiger charge is -2.10. The van der Waals surface area contributed by atoms with Gasteiger partial charge in [-0.05, 0) is 49.2 Å². The van der Waals surface area contributed by atoms with Crippen LogP contribution in [-0.2, 0) is 0 Å². The third kappa shape index (κ3) is 2.36. The summed E-state index contributed by atoms with van der Waals surface area (Å²) >= 11 is 0. The monoisotopic (exact) mass is 278 g/mol. The molecule has 1 N–H and O–H groups in total. The molecule has 0 amide bonds. The number of nitrogens with zero attached hydrogens (tertiary/aromatic N) is 2. The normalized spacial score (nSPS) is 10.8. The Hall–Kier alpha value is -2.75. The average molecular weight is 278 g/mol. The number of hydrogen-bond acceptors (Lipinski definition) is 3. The molecular weight excluding hydrogens is 264 g/mol. The van der Waals surface area contributed by atoms with Gasteiger partial charge in [0.15, 0.2) is 0 Å². The smallest absolute Gasteiger partial charge is 0.336 e. The molecule has 21 heavy (non-hydrogen) atoms. The van der Waals surface area contributed by atoms with E-state index in [2.05, 4.69) is 9.97 Å². The van der Waals surface area contributed by atoms with Crippen molar-refractivity contribution in [2.75, 3.05) is 0 Å². The summed E-state index contributed by atoms with van der Waals surface area (Å²) < 4.78 is 0. The van der Waals surface area contributed by atoms with Crippen LogP contribution in [0.1, 0.15) is 21.5 Å². The molecule has 2 heterocycles. The minimum Gasteiger partial charge on any atom is -0.478 e. The molecule has 4 heteroatoms. The molecule has 3 rings (SSSR count). The molecule has 0 unspecified atom stereocenters. The molecule has 4 nitrogen and oxygen atoms in total. The number of carboxylic acids is 1. The van der Waals surface area contributed by atoms with Crippen molar-refractivity contribution in [1.29, 1.82) is 0 Å². The van der Waals surface area contributed by atoms with Crippen LogP contribution in [-0.4, -0.2) is 21.0 Å². The summed E-state index contributed by atoms with van der Waals surface area (Å²) in [6.07, 6.45) is 1.67. The summed E-state index contributed by atoms with van der Waals surface area (Å²) in [4.78, 5) is 20.4. The Kier molecular flexibility index (Phi) is 3.14. The van der Waals surface area contributed by atoms with Gasteiger partial charge in [-0.25, -0.2) is 9.78 Å². The van der Waals surface area contributed by atoms with Crippen LogP contribution in [0.5, 0.6) is 0 Å². The van der Waals surface area contributed by atoms with Crippen molar-refractivity contribution in [3.05, 3.63) is 59.3 Å². The summed E-state index contributed by atoms with van der Waals surface area (Å²) in [5.74, 6) is -0.952. The number of hydrogen-bond donors (Lipinski definition) is 1. The first-order valence-corrected chi connectivity index (χ1v) is 6.63. The SMILES string of the molecule is Cc1cc(C)c2c(C(=O)O)cc(-c3ccccn3)nc2c1. The number of fused-ring (bicyclic) bond motifs is 1. The second-order valence-electron chi connectivity index (χ2n) is 5.05. The maximum Gasteiger partial charge on any atom is 0.336 e. The van der Waals surface area contributed by atoms with E-state index in [4.69, 9.17) is 0 Å². The molecule has 0 aliphatic heterocycles. The lowest BCUT2D eigenvalue weighted by molar-refractivity contribution is 0.0699. The van der Waals surface area contributed by atoms with Gasteiger partial charge >= 0.3 is 5.97 Å². The highest BCUT2D eigenvalue weighted by Crippen LogP contribution is 2.27. The topological polar surface area (TPSA) is 63.1 Å². The van der Waals surface area contributed by atoms with E-state index in [0.717, 1.165) is 11.1 Å². The molecule has 0 saturated carbocycles. The Bertz CT molecular complexity index is 842. The number of aromatic nitrogens is 2. The number of pyridine rings is 2. The zero-order chi connectivity index (χ0) is 15.0. The Morgan fingerprint density at radius 3 is 2.57 bits per heavy atom. The van der Waals surface area contributed by atoms with Crippen LogP contribution in [0, 0.1) is 13.8 Å². The maximum absolute atomic E-state index is 11.6. The van der Waals surface area contributed by atoms with Crippen LogP contribution >= 0.6 is 0 Å². The minimum atomic E-state index is -0.952. The first-order chi connectivity index (χ1) is 10.1. The Morgan fingerprint density at radius 2 is 1.90 bits per heavy atom. The fraction of sp³-hybridized carbons (Fsp3) is 0.118. The molecule has 2 aromatic heterocycles. The van der Waals surface area contributed by atoms with Crippen molar-refractivity contribution in [2.24, 2.45) is 0 Å². The van der Waals surface area contributed by atoms with Crippen LogP contribution in [0.15, 0.2) is 42.6 Å². The number of rotatable bonds is 2. The molecule has 0 aliphatic carbocycles. The first-order valence-electron chi connectivity index (χ1n) is 6.63. The predicted octanol–water partition coefficient (Wildman–Crippen LogP) is 3.61. The van der Waals surface area contributed by atoms with Crippen molar-refractivity contribution in [3.63, 3.8) is 0 Å². The minimum absolute atomic E-state index is 0.262. The van der Waals surface area contributed by atoms with E-state index in [1.807, 2.05) is 44.2 Å². The van der Waals surface area contributed by atoms with Gasteiger partial charge in [0.25, 0.3) is 0 Å². The summed E-state index contributed by atoms with van der Waals surface area (Å²) in [6.45, 7) is 3.88.